The van der Waals surface area contributed by atoms with Crippen LogP contribution in [0.15, 0.2) is 24.5 Å². The van der Waals surface area contributed by atoms with Crippen LogP contribution in [0.4, 0.5) is 0 Å². The highest BCUT2D eigenvalue weighted by molar-refractivity contribution is 7.47. The van der Waals surface area contributed by atoms with Crippen molar-refractivity contribution in [2.24, 2.45) is 5.73 Å². The van der Waals surface area contributed by atoms with Crippen LogP contribution in [-0.2, 0) is 27.9 Å². The number of allylic oxidation sites excluding steroid dienone is 3. The molecule has 2 atom stereocenters. The predicted octanol–water partition coefficient (Wildman–Crippen LogP) is 14.0. The Labute approximate surface area is 334 Å². The van der Waals surface area contributed by atoms with Crippen molar-refractivity contribution in [2.75, 3.05) is 26.4 Å². The van der Waals surface area contributed by atoms with Crippen LogP contribution in [0.2, 0.25) is 0 Å². The van der Waals surface area contributed by atoms with Gasteiger partial charge in [0.15, 0.2) is 6.10 Å². The molecule has 0 aliphatic heterocycles. The highest BCUT2D eigenvalue weighted by Gasteiger charge is 2.25. The van der Waals surface area contributed by atoms with E-state index < -0.39 is 19.9 Å². The Morgan fingerprint density at radius 2 is 0.944 bits per heavy atom. The Morgan fingerprint density at radius 1 is 0.556 bits per heavy atom. The Bertz CT molecular complexity index is 884. The SMILES string of the molecule is CCCCCCCCCCCCCCCC/C=C/OCC(COP(=O)(O)OCCN)OC(=O)CC/C=C\CCCCCCCCCCCCCCCCC. The van der Waals surface area contributed by atoms with E-state index in [0.29, 0.717) is 6.42 Å². The second-order valence-corrected chi connectivity index (χ2v) is 16.8. The van der Waals surface area contributed by atoms with E-state index in [0.717, 1.165) is 19.3 Å². The van der Waals surface area contributed by atoms with Crippen molar-refractivity contribution in [1.82, 2.24) is 0 Å². The summed E-state index contributed by atoms with van der Waals surface area (Å²) >= 11 is 0. The molecule has 0 aliphatic rings. The fraction of sp³-hybridized carbons (Fsp3) is 0.889. The molecule has 0 aromatic heterocycles. The molecule has 0 spiro atoms. The van der Waals surface area contributed by atoms with Crippen molar-refractivity contribution >= 4 is 13.8 Å². The van der Waals surface area contributed by atoms with Gasteiger partial charge in [-0.2, -0.15) is 0 Å². The van der Waals surface area contributed by atoms with Crippen molar-refractivity contribution in [3.8, 4) is 0 Å². The van der Waals surface area contributed by atoms with E-state index in [2.05, 4.69) is 19.9 Å². The molecule has 0 saturated heterocycles. The Balaban J connectivity index is 4.06. The number of nitrogens with two attached hydrogens (primary N) is 1. The summed E-state index contributed by atoms with van der Waals surface area (Å²) in [5.41, 5.74) is 5.36. The number of unbranched alkanes of at least 4 members (excludes halogenated alkanes) is 29. The number of esters is 1. The van der Waals surface area contributed by atoms with Crippen LogP contribution in [-0.4, -0.2) is 43.3 Å². The minimum absolute atomic E-state index is 0.0207. The summed E-state index contributed by atoms with van der Waals surface area (Å²) in [6, 6.07) is 0. The van der Waals surface area contributed by atoms with Crippen LogP contribution >= 0.6 is 7.82 Å². The molecule has 0 amide bonds. The number of phosphoric ester groups is 1. The van der Waals surface area contributed by atoms with E-state index >= 15 is 0 Å². The Morgan fingerprint density at radius 3 is 1.37 bits per heavy atom. The third-order valence-corrected chi connectivity index (χ3v) is 10.9. The Kier molecular flexibility index (Phi) is 42.0. The number of phosphoric acid groups is 1. The third kappa shape index (κ3) is 42.0. The zero-order chi connectivity index (χ0) is 39.5. The van der Waals surface area contributed by atoms with Crippen LogP contribution in [0.25, 0.3) is 0 Å². The first-order valence-corrected chi connectivity index (χ1v) is 24.4. The average Bonchev–Trinajstić information content (AvgIpc) is 3.16. The fourth-order valence-corrected chi connectivity index (χ4v) is 7.34. The van der Waals surface area contributed by atoms with Gasteiger partial charge in [0.25, 0.3) is 0 Å². The topological polar surface area (TPSA) is 117 Å². The number of rotatable bonds is 44. The summed E-state index contributed by atoms with van der Waals surface area (Å²) in [5, 5.41) is 0. The van der Waals surface area contributed by atoms with Crippen molar-refractivity contribution in [1.29, 1.82) is 0 Å². The lowest BCUT2D eigenvalue weighted by molar-refractivity contribution is -0.153. The lowest BCUT2D eigenvalue weighted by Crippen LogP contribution is -2.27. The zero-order valence-corrected chi connectivity index (χ0v) is 36.4. The molecular weight excluding hydrogens is 697 g/mol. The number of ether oxygens (including phenoxy) is 2. The van der Waals surface area contributed by atoms with Gasteiger partial charge in [-0.25, -0.2) is 4.57 Å². The predicted molar refractivity (Wildman–Crippen MR) is 229 cm³/mol. The maximum absolute atomic E-state index is 12.6. The second-order valence-electron chi connectivity index (χ2n) is 15.3. The standard InChI is InChI=1S/C45H88NO7P/c1-3-5-7-9-11-13-15-17-19-21-22-23-24-26-28-30-32-34-36-38-45(47)53-44(43-52-54(48,49)51-41-39-46)42-50-40-37-35-33-31-29-27-25-20-18-16-14-12-10-8-6-4-2/h32,34,37,40,44H,3-31,33,35-36,38-39,41-43,46H2,1-2H3,(H,48,49)/b34-32-,40-37+. The van der Waals surface area contributed by atoms with Gasteiger partial charge in [-0.1, -0.05) is 199 Å². The number of carbonyl (C=O) groups excluding carboxylic acids is 1. The van der Waals surface area contributed by atoms with Gasteiger partial charge in [0.2, 0.25) is 0 Å². The first-order chi connectivity index (χ1) is 26.4. The summed E-state index contributed by atoms with van der Waals surface area (Å²) in [5.74, 6) is -0.397. The van der Waals surface area contributed by atoms with Gasteiger partial charge in [-0.3, -0.25) is 13.8 Å². The quantitative estimate of drug-likeness (QED) is 0.0206. The molecule has 0 aromatic rings. The second kappa shape index (κ2) is 43.0. The van der Waals surface area contributed by atoms with E-state index in [9.17, 15) is 14.3 Å². The molecule has 3 N–H and O–H groups in total. The van der Waals surface area contributed by atoms with Crippen molar-refractivity contribution in [3.05, 3.63) is 24.5 Å². The molecule has 0 radical (unpaired) electrons. The van der Waals surface area contributed by atoms with Crippen molar-refractivity contribution < 1.29 is 32.8 Å². The molecule has 0 aliphatic carbocycles. The lowest BCUT2D eigenvalue weighted by Gasteiger charge is -2.19. The minimum atomic E-state index is -4.30. The smallest absolute Gasteiger partial charge is 0.472 e. The lowest BCUT2D eigenvalue weighted by atomic mass is 10.0. The van der Waals surface area contributed by atoms with E-state index in [1.54, 1.807) is 6.26 Å². The monoisotopic (exact) mass is 786 g/mol. The summed E-state index contributed by atoms with van der Waals surface area (Å²) in [7, 11) is -4.30. The van der Waals surface area contributed by atoms with Gasteiger partial charge in [-0.15, -0.1) is 0 Å². The van der Waals surface area contributed by atoms with Gasteiger partial charge in [0.05, 0.1) is 19.5 Å². The average molecular weight is 786 g/mol. The first kappa shape index (κ1) is 52.8. The van der Waals surface area contributed by atoms with Crippen molar-refractivity contribution in [3.63, 3.8) is 0 Å². The molecule has 9 heteroatoms. The van der Waals surface area contributed by atoms with Crippen LogP contribution in [0.5, 0.6) is 0 Å². The van der Waals surface area contributed by atoms with Gasteiger partial charge in [-0.05, 0) is 38.2 Å². The summed E-state index contributed by atoms with van der Waals surface area (Å²) < 4.78 is 33.2. The highest BCUT2D eigenvalue weighted by Crippen LogP contribution is 2.43. The largest absolute Gasteiger partial charge is 0.498 e. The van der Waals surface area contributed by atoms with E-state index in [-0.39, 0.29) is 32.8 Å². The van der Waals surface area contributed by atoms with Gasteiger partial charge in [0, 0.05) is 13.0 Å². The van der Waals surface area contributed by atoms with Gasteiger partial charge >= 0.3 is 13.8 Å². The Hall–Kier alpha value is -1.18. The summed E-state index contributed by atoms with van der Waals surface area (Å²) in [6.45, 7) is 4.23. The number of carbonyl (C=O) groups is 1. The highest BCUT2D eigenvalue weighted by atomic mass is 31.2. The third-order valence-electron chi connectivity index (χ3n) is 9.95. The minimum Gasteiger partial charge on any atom is -0.498 e. The van der Waals surface area contributed by atoms with Crippen LogP contribution in [0.3, 0.4) is 0 Å². The molecule has 0 saturated carbocycles. The maximum atomic E-state index is 12.6. The van der Waals surface area contributed by atoms with Crippen LogP contribution in [0.1, 0.15) is 226 Å². The summed E-state index contributed by atoms with van der Waals surface area (Å²) in [6.07, 6.45) is 48.8. The van der Waals surface area contributed by atoms with Crippen LogP contribution in [0, 0.1) is 0 Å². The molecule has 8 nitrogen and oxygen atoms in total. The summed E-state index contributed by atoms with van der Waals surface area (Å²) in [4.78, 5) is 22.4. The molecule has 0 heterocycles. The normalized spacial score (nSPS) is 13.6. The molecule has 54 heavy (non-hydrogen) atoms. The van der Waals surface area contributed by atoms with Crippen LogP contribution < -0.4 is 5.73 Å². The first-order valence-electron chi connectivity index (χ1n) is 22.9. The molecule has 0 aromatic carbocycles. The maximum Gasteiger partial charge on any atom is 0.472 e. The number of hydrogen-bond donors (Lipinski definition) is 2. The molecule has 0 bridgehead atoms. The van der Waals surface area contributed by atoms with Gasteiger partial charge in [0.1, 0.15) is 6.61 Å². The molecular formula is C45H88NO7P. The fourth-order valence-electron chi connectivity index (χ4n) is 6.57. The molecule has 0 rings (SSSR count). The zero-order valence-electron chi connectivity index (χ0n) is 35.5. The van der Waals surface area contributed by atoms with Crippen molar-refractivity contribution in [2.45, 2.75) is 232 Å². The molecule has 2 unspecified atom stereocenters. The van der Waals surface area contributed by atoms with Gasteiger partial charge < -0.3 is 20.1 Å². The molecule has 320 valence electrons. The number of hydrogen-bond acceptors (Lipinski definition) is 7. The molecule has 0 fully saturated rings. The van der Waals surface area contributed by atoms with E-state index in [4.69, 9.17) is 24.3 Å². The van der Waals surface area contributed by atoms with E-state index in [1.165, 1.54) is 180 Å². The van der Waals surface area contributed by atoms with E-state index in [1.807, 2.05) is 12.2 Å².